The lowest BCUT2D eigenvalue weighted by molar-refractivity contribution is -0.113. The zero-order chi connectivity index (χ0) is 31.3. The van der Waals surface area contributed by atoms with Crippen molar-refractivity contribution < 1.29 is 19.1 Å². The van der Waals surface area contributed by atoms with E-state index in [-0.39, 0.29) is 21.3 Å². The van der Waals surface area contributed by atoms with Crippen LogP contribution in [-0.2, 0) is 11.8 Å². The van der Waals surface area contributed by atoms with Gasteiger partial charge in [-0.15, -0.1) is 11.3 Å². The van der Waals surface area contributed by atoms with E-state index < -0.39 is 11.9 Å². The predicted octanol–water partition coefficient (Wildman–Crippen LogP) is 7.29. The smallest absolute Gasteiger partial charge is 0.355 e. The van der Waals surface area contributed by atoms with Gasteiger partial charge in [-0.2, -0.15) is 0 Å². The Labute approximate surface area is 271 Å². The Morgan fingerprint density at radius 1 is 1.00 bits per heavy atom. The van der Waals surface area contributed by atoms with Crippen LogP contribution in [0.15, 0.2) is 76.4 Å². The van der Waals surface area contributed by atoms with Crippen LogP contribution in [0.1, 0.15) is 26.5 Å². The number of hydrogen-bond acceptors (Lipinski definition) is 8. The molecule has 1 saturated heterocycles. The van der Waals surface area contributed by atoms with Gasteiger partial charge >= 0.3 is 5.97 Å². The third kappa shape index (κ3) is 5.15. The maximum absolute atomic E-state index is 13.6. The second-order valence-corrected chi connectivity index (χ2v) is 13.1. The molecule has 12 heteroatoms. The average Bonchev–Trinajstić information content (AvgIpc) is 3.56. The number of amides is 1. The van der Waals surface area contributed by atoms with Crippen molar-refractivity contribution in [3.63, 3.8) is 0 Å². The lowest BCUT2D eigenvalue weighted by Crippen LogP contribution is -2.33. The van der Waals surface area contributed by atoms with E-state index in [4.69, 9.17) is 33.3 Å². The Morgan fingerprint density at radius 2 is 1.75 bits per heavy atom. The number of carbonyl (C=O) groups is 2. The zero-order valence-electron chi connectivity index (χ0n) is 23.9. The monoisotopic (exact) mass is 661 g/mol. The topological polar surface area (TPSA) is 82.8 Å². The van der Waals surface area contributed by atoms with Crippen molar-refractivity contribution in [1.29, 1.82) is 0 Å². The lowest BCUT2D eigenvalue weighted by atomic mass is 10.1. The Morgan fingerprint density at radius 3 is 2.48 bits per heavy atom. The standard InChI is InChI=1S/C32H24ClN3O5S3/c1-17-10-12-21-24(14-17)43-28(26(21)33)31(39)41-22-13-11-19(15-23(22)40-4)16-25-29(37)35(32(42)44-25)27-18(2)34(3)36(30(27)38)20-8-6-5-7-9-20/h5-16H,1-4H3. The number of rotatable bonds is 6. The van der Waals surface area contributed by atoms with E-state index in [1.54, 1.807) is 42.9 Å². The number of thiophene rings is 1. The van der Waals surface area contributed by atoms with Crippen LogP contribution in [0.3, 0.4) is 0 Å². The quantitative estimate of drug-likeness (QED) is 0.0818. The van der Waals surface area contributed by atoms with Gasteiger partial charge in [-0.05, 0) is 61.4 Å². The highest BCUT2D eigenvalue weighted by molar-refractivity contribution is 8.27. The summed E-state index contributed by atoms with van der Waals surface area (Å²) in [5.41, 5.74) is 2.80. The number of hydrogen-bond donors (Lipinski definition) is 0. The molecular weight excluding hydrogens is 638 g/mol. The number of aryl methyl sites for hydroxylation is 1. The summed E-state index contributed by atoms with van der Waals surface area (Å²) >= 11 is 14.4. The van der Waals surface area contributed by atoms with Crippen molar-refractivity contribution in [2.75, 3.05) is 12.0 Å². The number of aromatic nitrogens is 2. The minimum absolute atomic E-state index is 0.202. The molecule has 1 aliphatic rings. The first kappa shape index (κ1) is 29.9. The second kappa shape index (κ2) is 11.7. The van der Waals surface area contributed by atoms with E-state index in [1.807, 2.05) is 55.5 Å². The summed E-state index contributed by atoms with van der Waals surface area (Å²) in [4.78, 5) is 42.2. The molecule has 0 atom stereocenters. The van der Waals surface area contributed by atoms with E-state index in [2.05, 4.69) is 0 Å². The molecule has 222 valence electrons. The summed E-state index contributed by atoms with van der Waals surface area (Å²) < 4.78 is 15.5. The van der Waals surface area contributed by atoms with Gasteiger partial charge in [0.1, 0.15) is 10.6 Å². The fourth-order valence-corrected chi connectivity index (χ4v) is 7.69. The van der Waals surface area contributed by atoms with Crippen LogP contribution in [0.2, 0.25) is 5.02 Å². The summed E-state index contributed by atoms with van der Waals surface area (Å²) in [6.07, 6.45) is 1.66. The Kier molecular flexibility index (Phi) is 7.97. The molecule has 3 aromatic carbocycles. The molecule has 0 aliphatic carbocycles. The SMILES string of the molecule is COc1cc(C=C2SC(=S)N(c3c(C)n(C)n(-c4ccccc4)c3=O)C2=O)ccc1OC(=O)c1sc2cc(C)ccc2c1Cl. The number of fused-ring (bicyclic) bond motifs is 1. The molecule has 1 fully saturated rings. The molecular formula is C32H24ClN3O5S3. The van der Waals surface area contributed by atoms with Crippen LogP contribution < -0.4 is 19.9 Å². The van der Waals surface area contributed by atoms with Crippen LogP contribution in [0.4, 0.5) is 5.69 Å². The summed E-state index contributed by atoms with van der Waals surface area (Å²) in [5.74, 6) is -0.510. The van der Waals surface area contributed by atoms with Gasteiger partial charge in [0.15, 0.2) is 15.8 Å². The minimum atomic E-state index is -0.597. The summed E-state index contributed by atoms with van der Waals surface area (Å²) in [7, 11) is 3.22. The third-order valence-electron chi connectivity index (χ3n) is 7.20. The van der Waals surface area contributed by atoms with E-state index in [9.17, 15) is 14.4 Å². The van der Waals surface area contributed by atoms with Crippen LogP contribution in [0.5, 0.6) is 11.5 Å². The molecule has 0 unspecified atom stereocenters. The first-order chi connectivity index (χ1) is 21.1. The normalized spacial score (nSPS) is 14.2. The van der Waals surface area contributed by atoms with Crippen molar-refractivity contribution >= 4 is 85.0 Å². The molecule has 44 heavy (non-hydrogen) atoms. The van der Waals surface area contributed by atoms with Crippen molar-refractivity contribution in [2.24, 2.45) is 7.05 Å². The van der Waals surface area contributed by atoms with Gasteiger partial charge in [0.05, 0.1) is 28.4 Å². The number of anilines is 1. The fourth-order valence-electron chi connectivity index (χ4n) is 4.93. The molecule has 0 N–H and O–H groups in total. The molecule has 5 aromatic rings. The Balaban J connectivity index is 1.27. The zero-order valence-corrected chi connectivity index (χ0v) is 27.1. The van der Waals surface area contributed by atoms with Gasteiger partial charge in [0.2, 0.25) is 0 Å². The molecule has 2 aromatic heterocycles. The number of halogens is 1. The number of benzene rings is 3. The van der Waals surface area contributed by atoms with E-state index >= 15 is 0 Å². The highest BCUT2D eigenvalue weighted by Gasteiger charge is 2.37. The molecule has 6 rings (SSSR count). The van der Waals surface area contributed by atoms with Crippen molar-refractivity contribution in [2.45, 2.75) is 13.8 Å². The fraction of sp³-hybridized carbons (Fsp3) is 0.125. The number of carbonyl (C=O) groups excluding carboxylic acids is 2. The number of esters is 1. The van der Waals surface area contributed by atoms with Crippen LogP contribution in [0.25, 0.3) is 21.8 Å². The summed E-state index contributed by atoms with van der Waals surface area (Å²) in [6.45, 7) is 3.75. The summed E-state index contributed by atoms with van der Waals surface area (Å²) in [6, 6.07) is 19.9. The highest BCUT2D eigenvalue weighted by Crippen LogP contribution is 2.39. The Hall–Kier alpha value is -4.16. The Bertz CT molecular complexity index is 2100. The van der Waals surface area contributed by atoms with Crippen LogP contribution >= 0.6 is 46.9 Å². The molecule has 1 aliphatic heterocycles. The van der Waals surface area contributed by atoms with Gasteiger partial charge in [0.25, 0.3) is 11.5 Å². The molecule has 0 saturated carbocycles. The maximum atomic E-state index is 13.6. The number of ether oxygens (including phenoxy) is 2. The van der Waals surface area contributed by atoms with E-state index in [0.29, 0.717) is 37.5 Å². The van der Waals surface area contributed by atoms with E-state index in [1.165, 1.54) is 28.0 Å². The van der Waals surface area contributed by atoms with Gasteiger partial charge < -0.3 is 9.47 Å². The minimum Gasteiger partial charge on any atom is -0.493 e. The first-order valence-electron chi connectivity index (χ1n) is 13.3. The van der Waals surface area contributed by atoms with Gasteiger partial charge in [-0.25, -0.2) is 9.48 Å². The number of para-hydroxylation sites is 1. The van der Waals surface area contributed by atoms with Gasteiger partial charge in [0, 0.05) is 17.1 Å². The average molecular weight is 662 g/mol. The molecule has 0 spiro atoms. The van der Waals surface area contributed by atoms with Crippen molar-refractivity contribution in [3.8, 4) is 17.2 Å². The maximum Gasteiger partial charge on any atom is 0.355 e. The number of methoxy groups -OCH3 is 1. The largest absolute Gasteiger partial charge is 0.493 e. The third-order valence-corrected chi connectivity index (χ3v) is 10.1. The van der Waals surface area contributed by atoms with E-state index in [0.717, 1.165) is 27.4 Å². The predicted molar refractivity (Wildman–Crippen MR) is 181 cm³/mol. The highest BCUT2D eigenvalue weighted by atomic mass is 35.5. The molecule has 1 amide bonds. The number of thiocarbonyl (C=S) groups is 1. The number of thioether (sulfide) groups is 1. The molecule has 0 bridgehead atoms. The molecule has 0 radical (unpaired) electrons. The number of nitrogens with zero attached hydrogens (tertiary/aromatic N) is 3. The lowest BCUT2D eigenvalue weighted by Gasteiger charge is -2.12. The van der Waals surface area contributed by atoms with Crippen LogP contribution in [-0.4, -0.2) is 32.7 Å². The molecule has 3 heterocycles. The second-order valence-electron chi connectivity index (χ2n) is 9.97. The van der Waals surface area contributed by atoms with Crippen LogP contribution in [0, 0.1) is 13.8 Å². The van der Waals surface area contributed by atoms with Crippen molar-refractivity contribution in [1.82, 2.24) is 9.36 Å². The molecule has 8 nitrogen and oxygen atoms in total. The van der Waals surface area contributed by atoms with Gasteiger partial charge in [-0.3, -0.25) is 19.2 Å². The first-order valence-corrected chi connectivity index (χ1v) is 15.7. The summed E-state index contributed by atoms with van der Waals surface area (Å²) in [5, 5.41) is 1.13. The van der Waals surface area contributed by atoms with Crippen molar-refractivity contribution in [3.05, 3.63) is 109 Å². The van der Waals surface area contributed by atoms with Gasteiger partial charge in [-0.1, -0.05) is 72.0 Å².